The zero-order chi connectivity index (χ0) is 16.5. The molecular formula is C19H21NO3. The van der Waals surface area contributed by atoms with Gasteiger partial charge in [0, 0.05) is 6.08 Å². The Labute approximate surface area is 136 Å². The van der Waals surface area contributed by atoms with Crippen molar-refractivity contribution in [3.8, 4) is 5.75 Å². The molecule has 0 aliphatic carbocycles. The molecule has 0 heterocycles. The lowest BCUT2D eigenvalue weighted by Gasteiger charge is -2.19. The van der Waals surface area contributed by atoms with E-state index >= 15 is 0 Å². The van der Waals surface area contributed by atoms with E-state index in [0.717, 1.165) is 5.56 Å². The van der Waals surface area contributed by atoms with Crippen molar-refractivity contribution in [1.29, 1.82) is 0 Å². The fraction of sp³-hybridized carbons (Fsp3) is 0.211. The molecule has 4 heteroatoms. The number of benzene rings is 2. The number of ether oxygens (including phenoxy) is 1. The molecule has 0 spiro atoms. The topological polar surface area (TPSA) is 58.6 Å². The van der Waals surface area contributed by atoms with E-state index in [4.69, 9.17) is 4.74 Å². The van der Waals surface area contributed by atoms with E-state index in [1.54, 1.807) is 25.1 Å². The summed E-state index contributed by atoms with van der Waals surface area (Å²) >= 11 is 0. The lowest BCUT2D eigenvalue weighted by Crippen LogP contribution is -2.10. The highest BCUT2D eigenvalue weighted by Crippen LogP contribution is 2.28. The van der Waals surface area contributed by atoms with Gasteiger partial charge in [-0.1, -0.05) is 48.5 Å². The molecule has 0 aromatic heterocycles. The average Bonchev–Trinajstić information content (AvgIpc) is 2.57. The van der Waals surface area contributed by atoms with Crippen LogP contribution in [0.4, 0.5) is 5.69 Å². The molecule has 0 aliphatic heterocycles. The molecule has 1 atom stereocenters. The van der Waals surface area contributed by atoms with Gasteiger partial charge in [0.15, 0.2) is 0 Å². The van der Waals surface area contributed by atoms with Crippen LogP contribution in [0.2, 0.25) is 0 Å². The second-order valence-corrected chi connectivity index (χ2v) is 5.01. The third-order valence-corrected chi connectivity index (χ3v) is 3.35. The van der Waals surface area contributed by atoms with Gasteiger partial charge in [-0.2, -0.15) is 0 Å². The quantitative estimate of drug-likeness (QED) is 0.460. The van der Waals surface area contributed by atoms with Crippen molar-refractivity contribution < 1.29 is 14.6 Å². The molecule has 0 saturated carbocycles. The van der Waals surface area contributed by atoms with E-state index in [1.165, 1.54) is 6.08 Å². The summed E-state index contributed by atoms with van der Waals surface area (Å²) in [5.74, 6) is -0.148. The van der Waals surface area contributed by atoms with Crippen molar-refractivity contribution >= 4 is 11.7 Å². The van der Waals surface area contributed by atoms with Gasteiger partial charge in [-0.15, -0.1) is 0 Å². The van der Waals surface area contributed by atoms with Crippen molar-refractivity contribution in [2.75, 3.05) is 11.9 Å². The molecule has 23 heavy (non-hydrogen) atoms. The number of carbonyl (C=O) groups is 1. The smallest absolute Gasteiger partial charge is 0.330 e. The van der Waals surface area contributed by atoms with Crippen LogP contribution < -0.4 is 5.32 Å². The Morgan fingerprint density at radius 1 is 1.17 bits per heavy atom. The second-order valence-electron chi connectivity index (χ2n) is 5.01. The number of carbonyl (C=O) groups excluding carboxylic acids is 1. The van der Waals surface area contributed by atoms with E-state index in [-0.39, 0.29) is 17.8 Å². The van der Waals surface area contributed by atoms with Crippen LogP contribution in [0.3, 0.4) is 0 Å². The number of nitrogens with one attached hydrogen (secondary N) is 1. The summed E-state index contributed by atoms with van der Waals surface area (Å²) in [5.41, 5.74) is 1.73. The molecule has 0 amide bonds. The van der Waals surface area contributed by atoms with Crippen LogP contribution in [-0.4, -0.2) is 17.7 Å². The van der Waals surface area contributed by atoms with Crippen molar-refractivity contribution in [2.24, 2.45) is 0 Å². The zero-order valence-electron chi connectivity index (χ0n) is 13.1. The first-order chi connectivity index (χ1) is 11.2. The maximum absolute atomic E-state index is 11.4. The van der Waals surface area contributed by atoms with E-state index in [2.05, 4.69) is 5.32 Å². The van der Waals surface area contributed by atoms with Crippen LogP contribution in [0.1, 0.15) is 24.9 Å². The molecule has 2 aromatic rings. The second kappa shape index (κ2) is 8.63. The lowest BCUT2D eigenvalue weighted by molar-refractivity contribution is -0.137. The Kier molecular flexibility index (Phi) is 6.24. The molecule has 4 nitrogen and oxygen atoms in total. The largest absolute Gasteiger partial charge is 0.506 e. The van der Waals surface area contributed by atoms with Crippen LogP contribution in [0, 0.1) is 0 Å². The summed E-state index contributed by atoms with van der Waals surface area (Å²) in [6.45, 7) is 2.14. The van der Waals surface area contributed by atoms with Gasteiger partial charge in [-0.25, -0.2) is 4.79 Å². The third kappa shape index (κ3) is 5.18. The van der Waals surface area contributed by atoms with Gasteiger partial charge in [0.2, 0.25) is 0 Å². The third-order valence-electron chi connectivity index (χ3n) is 3.35. The van der Waals surface area contributed by atoms with Crippen LogP contribution >= 0.6 is 0 Å². The Morgan fingerprint density at radius 2 is 1.87 bits per heavy atom. The molecule has 120 valence electrons. The fourth-order valence-electron chi connectivity index (χ4n) is 2.24. The van der Waals surface area contributed by atoms with Crippen LogP contribution in [0.25, 0.3) is 0 Å². The number of esters is 1. The number of phenolic OH excluding ortho intramolecular Hbond substituents is 1. The maximum atomic E-state index is 11.4. The molecule has 2 rings (SSSR count). The van der Waals surface area contributed by atoms with E-state index < -0.39 is 0 Å². The molecule has 2 aromatic carbocycles. The van der Waals surface area contributed by atoms with Crippen molar-refractivity contribution in [3.05, 3.63) is 72.3 Å². The van der Waals surface area contributed by atoms with E-state index in [9.17, 15) is 9.90 Å². The summed E-state index contributed by atoms with van der Waals surface area (Å²) in [6, 6.07) is 16.9. The number of para-hydroxylation sites is 2. The van der Waals surface area contributed by atoms with Crippen molar-refractivity contribution in [3.63, 3.8) is 0 Å². The molecule has 2 N–H and O–H groups in total. The van der Waals surface area contributed by atoms with Gasteiger partial charge in [0.1, 0.15) is 5.75 Å². The van der Waals surface area contributed by atoms with Gasteiger partial charge >= 0.3 is 5.97 Å². The van der Waals surface area contributed by atoms with E-state index in [1.807, 2.05) is 42.5 Å². The first-order valence-corrected chi connectivity index (χ1v) is 7.63. The first-order valence-electron chi connectivity index (χ1n) is 7.63. The summed E-state index contributed by atoms with van der Waals surface area (Å²) < 4.78 is 4.88. The Morgan fingerprint density at radius 3 is 2.57 bits per heavy atom. The number of hydrogen-bond acceptors (Lipinski definition) is 4. The maximum Gasteiger partial charge on any atom is 0.330 e. The molecular weight excluding hydrogens is 290 g/mol. The molecule has 0 radical (unpaired) electrons. The highest BCUT2D eigenvalue weighted by Gasteiger charge is 2.11. The molecule has 0 bridgehead atoms. The standard InChI is InChI=1S/C19H21NO3/c1-2-23-19(22)14-8-12-16(15-9-4-3-5-10-15)20-17-11-6-7-13-18(17)21/h3-11,13-14,16,20-21H,2,12H2,1H3/b14-8+/t16-/m0/s1. The van der Waals surface area contributed by atoms with Crippen LogP contribution in [0.5, 0.6) is 5.75 Å². The number of aromatic hydroxyl groups is 1. The summed E-state index contributed by atoms with van der Waals surface area (Å²) in [5, 5.41) is 13.3. The van der Waals surface area contributed by atoms with Gasteiger partial charge in [-0.05, 0) is 31.0 Å². The summed E-state index contributed by atoms with van der Waals surface area (Å²) in [7, 11) is 0. The minimum atomic E-state index is -0.345. The Balaban J connectivity index is 2.13. The Hall–Kier alpha value is -2.75. The van der Waals surface area contributed by atoms with Gasteiger partial charge < -0.3 is 15.2 Å². The zero-order valence-corrected chi connectivity index (χ0v) is 13.1. The van der Waals surface area contributed by atoms with Crippen molar-refractivity contribution in [1.82, 2.24) is 0 Å². The van der Waals surface area contributed by atoms with Gasteiger partial charge in [-0.3, -0.25) is 0 Å². The normalized spacial score (nSPS) is 12.0. The van der Waals surface area contributed by atoms with Crippen LogP contribution in [0.15, 0.2) is 66.7 Å². The highest BCUT2D eigenvalue weighted by molar-refractivity contribution is 5.81. The minimum Gasteiger partial charge on any atom is -0.506 e. The molecule has 0 aliphatic rings. The number of rotatable bonds is 7. The van der Waals surface area contributed by atoms with E-state index in [0.29, 0.717) is 18.7 Å². The molecule has 0 unspecified atom stereocenters. The first kappa shape index (κ1) is 16.6. The highest BCUT2D eigenvalue weighted by atomic mass is 16.5. The minimum absolute atomic E-state index is 0.0600. The van der Waals surface area contributed by atoms with Crippen molar-refractivity contribution in [2.45, 2.75) is 19.4 Å². The lowest BCUT2D eigenvalue weighted by atomic mass is 10.0. The SMILES string of the molecule is CCOC(=O)/C=C/C[C@H](Nc1ccccc1O)c1ccccc1. The number of hydrogen-bond donors (Lipinski definition) is 2. The van der Waals surface area contributed by atoms with Gasteiger partial charge in [0.05, 0.1) is 18.3 Å². The fourth-order valence-corrected chi connectivity index (χ4v) is 2.24. The molecule has 0 saturated heterocycles. The summed E-state index contributed by atoms with van der Waals surface area (Å²) in [6.07, 6.45) is 3.81. The number of phenols is 1. The summed E-state index contributed by atoms with van der Waals surface area (Å²) in [4.78, 5) is 11.4. The Bertz CT molecular complexity index is 653. The van der Waals surface area contributed by atoms with Gasteiger partial charge in [0.25, 0.3) is 0 Å². The monoisotopic (exact) mass is 311 g/mol. The number of anilines is 1. The predicted octanol–water partition coefficient (Wildman–Crippen LogP) is 4.05. The average molecular weight is 311 g/mol. The predicted molar refractivity (Wildman–Crippen MR) is 91.3 cm³/mol. The molecule has 0 fully saturated rings. The van der Waals surface area contributed by atoms with Crippen LogP contribution in [-0.2, 0) is 9.53 Å².